The molecule has 140 valence electrons. The van der Waals surface area contributed by atoms with E-state index in [2.05, 4.69) is 15.0 Å². The summed E-state index contributed by atoms with van der Waals surface area (Å²) in [5.74, 6) is -0.517. The van der Waals surface area contributed by atoms with E-state index in [1.54, 1.807) is 6.92 Å². The number of benzene rings is 1. The predicted octanol–water partition coefficient (Wildman–Crippen LogP) is 2.00. The lowest BCUT2D eigenvalue weighted by atomic mass is 10.2. The highest BCUT2D eigenvalue weighted by atomic mass is 32.2. The van der Waals surface area contributed by atoms with Crippen LogP contribution in [0, 0.1) is 6.92 Å². The van der Waals surface area contributed by atoms with Gasteiger partial charge in [-0.1, -0.05) is 12.1 Å². The van der Waals surface area contributed by atoms with Crippen molar-refractivity contribution in [1.29, 1.82) is 0 Å². The molecule has 1 unspecified atom stereocenters. The third kappa shape index (κ3) is 5.60. The molecular formula is C18H22FN3O3S. The summed E-state index contributed by atoms with van der Waals surface area (Å²) in [7, 11) is -3.80. The molecule has 8 heteroatoms. The number of carbonyl (C=O) groups excluding carboxylic acids is 1. The number of halogens is 1. The number of alkyl halides is 1. The van der Waals surface area contributed by atoms with Crippen molar-refractivity contribution in [2.45, 2.75) is 31.2 Å². The lowest BCUT2D eigenvalue weighted by Gasteiger charge is -2.15. The Morgan fingerprint density at radius 2 is 1.96 bits per heavy atom. The van der Waals surface area contributed by atoms with Crippen molar-refractivity contribution in [1.82, 2.24) is 15.0 Å². The molecular weight excluding hydrogens is 357 g/mol. The van der Waals surface area contributed by atoms with Crippen molar-refractivity contribution >= 4 is 15.9 Å². The van der Waals surface area contributed by atoms with Crippen LogP contribution >= 0.6 is 0 Å². The molecule has 1 heterocycles. The van der Waals surface area contributed by atoms with Crippen LogP contribution in [-0.4, -0.2) is 38.6 Å². The maximum absolute atomic E-state index is 12.6. The molecule has 2 N–H and O–H groups in total. The second kappa shape index (κ2) is 8.86. The summed E-state index contributed by atoms with van der Waals surface area (Å²) in [5.41, 5.74) is 1.82. The summed E-state index contributed by atoms with van der Waals surface area (Å²) in [5, 5.41) is 2.37. The average Bonchev–Trinajstić information content (AvgIpc) is 2.59. The molecule has 1 aromatic heterocycles. The Morgan fingerprint density at radius 3 is 2.65 bits per heavy atom. The van der Waals surface area contributed by atoms with Gasteiger partial charge in [-0.25, -0.2) is 17.5 Å². The standard InChI is InChI=1S/C18H22FN3O3S/c1-13-5-3-7-16(21-13)11-14(2)22-26(24,25)17-8-4-6-15(12-17)18(23)20-10-9-19/h3-8,12,14,22H,9-11H2,1-2H3,(H,20,23). The van der Waals surface area contributed by atoms with Crippen LogP contribution in [0.5, 0.6) is 0 Å². The van der Waals surface area contributed by atoms with E-state index in [0.717, 1.165) is 11.4 Å². The first-order valence-corrected chi connectivity index (χ1v) is 9.69. The number of nitrogens with zero attached hydrogens (tertiary/aromatic N) is 1. The van der Waals surface area contributed by atoms with Crippen LogP contribution in [0.4, 0.5) is 4.39 Å². The van der Waals surface area contributed by atoms with Crippen LogP contribution in [0.3, 0.4) is 0 Å². The van der Waals surface area contributed by atoms with E-state index in [1.807, 2.05) is 25.1 Å². The topological polar surface area (TPSA) is 88.2 Å². The molecule has 2 aromatic rings. The molecule has 0 radical (unpaired) electrons. The van der Waals surface area contributed by atoms with Gasteiger partial charge in [0.25, 0.3) is 5.91 Å². The molecule has 1 atom stereocenters. The number of hydrogen-bond acceptors (Lipinski definition) is 4. The molecule has 0 saturated heterocycles. The molecule has 0 fully saturated rings. The number of carbonyl (C=O) groups is 1. The summed E-state index contributed by atoms with van der Waals surface area (Å²) < 4.78 is 39.9. The van der Waals surface area contributed by atoms with Gasteiger partial charge in [0.15, 0.2) is 0 Å². The quantitative estimate of drug-likeness (QED) is 0.734. The normalized spacial score (nSPS) is 12.6. The second-order valence-electron chi connectivity index (χ2n) is 5.97. The van der Waals surface area contributed by atoms with Gasteiger partial charge in [-0.3, -0.25) is 9.78 Å². The van der Waals surface area contributed by atoms with E-state index in [1.165, 1.54) is 24.3 Å². The molecule has 6 nitrogen and oxygen atoms in total. The fourth-order valence-electron chi connectivity index (χ4n) is 2.47. The maximum atomic E-state index is 12.6. The number of pyridine rings is 1. The van der Waals surface area contributed by atoms with Crippen molar-refractivity contribution in [2.24, 2.45) is 0 Å². The summed E-state index contributed by atoms with van der Waals surface area (Å²) in [6.45, 7) is 2.82. The SMILES string of the molecule is Cc1cccc(CC(C)NS(=O)(=O)c2cccc(C(=O)NCCF)c2)n1. The Bertz CT molecular complexity index is 871. The van der Waals surface area contributed by atoms with Gasteiger partial charge in [0.1, 0.15) is 6.67 Å². The van der Waals surface area contributed by atoms with Crippen LogP contribution in [0.1, 0.15) is 28.7 Å². The summed E-state index contributed by atoms with van der Waals surface area (Å²) >= 11 is 0. The van der Waals surface area contributed by atoms with Crippen LogP contribution in [0.25, 0.3) is 0 Å². The largest absolute Gasteiger partial charge is 0.349 e. The monoisotopic (exact) mass is 379 g/mol. The Kier molecular flexibility index (Phi) is 6.82. The van der Waals surface area contributed by atoms with E-state index < -0.39 is 22.6 Å². The highest BCUT2D eigenvalue weighted by Crippen LogP contribution is 2.13. The summed E-state index contributed by atoms with van der Waals surface area (Å²) in [4.78, 5) is 16.2. The van der Waals surface area contributed by atoms with Crippen molar-refractivity contribution in [3.63, 3.8) is 0 Å². The molecule has 0 bridgehead atoms. The number of sulfonamides is 1. The molecule has 2 rings (SSSR count). The Morgan fingerprint density at radius 1 is 1.23 bits per heavy atom. The lowest BCUT2D eigenvalue weighted by Crippen LogP contribution is -2.34. The van der Waals surface area contributed by atoms with Crippen LogP contribution in [-0.2, 0) is 16.4 Å². The zero-order valence-corrected chi connectivity index (χ0v) is 15.5. The van der Waals surface area contributed by atoms with Crippen LogP contribution < -0.4 is 10.0 Å². The van der Waals surface area contributed by atoms with Crippen molar-refractivity contribution in [3.05, 3.63) is 59.4 Å². The number of rotatable bonds is 8. The van der Waals surface area contributed by atoms with Gasteiger partial charge < -0.3 is 5.32 Å². The number of nitrogens with one attached hydrogen (secondary N) is 2. The van der Waals surface area contributed by atoms with Gasteiger partial charge in [0, 0.05) is 36.0 Å². The smallest absolute Gasteiger partial charge is 0.251 e. The predicted molar refractivity (Wildman–Crippen MR) is 97.2 cm³/mol. The highest BCUT2D eigenvalue weighted by Gasteiger charge is 2.19. The average molecular weight is 379 g/mol. The number of aromatic nitrogens is 1. The summed E-state index contributed by atoms with van der Waals surface area (Å²) in [6.07, 6.45) is 0.442. The highest BCUT2D eigenvalue weighted by molar-refractivity contribution is 7.89. The van der Waals surface area contributed by atoms with Crippen molar-refractivity contribution in [3.8, 4) is 0 Å². The molecule has 0 saturated carbocycles. The van der Waals surface area contributed by atoms with Gasteiger partial charge in [0.2, 0.25) is 10.0 Å². The minimum atomic E-state index is -3.80. The van der Waals surface area contributed by atoms with Gasteiger partial charge >= 0.3 is 0 Å². The van der Waals surface area contributed by atoms with E-state index >= 15 is 0 Å². The van der Waals surface area contributed by atoms with Gasteiger partial charge in [-0.05, 0) is 44.2 Å². The van der Waals surface area contributed by atoms with Crippen LogP contribution in [0.2, 0.25) is 0 Å². The first-order valence-electron chi connectivity index (χ1n) is 8.21. The third-order valence-electron chi connectivity index (χ3n) is 3.60. The van der Waals surface area contributed by atoms with Gasteiger partial charge in [-0.15, -0.1) is 0 Å². The van der Waals surface area contributed by atoms with E-state index in [0.29, 0.717) is 6.42 Å². The van der Waals surface area contributed by atoms with Crippen molar-refractivity contribution in [2.75, 3.05) is 13.2 Å². The molecule has 1 amide bonds. The minimum Gasteiger partial charge on any atom is -0.349 e. The second-order valence-corrected chi connectivity index (χ2v) is 7.68. The van der Waals surface area contributed by atoms with E-state index in [4.69, 9.17) is 0 Å². The van der Waals surface area contributed by atoms with E-state index in [9.17, 15) is 17.6 Å². The number of amides is 1. The molecule has 0 aliphatic heterocycles. The molecule has 0 aliphatic carbocycles. The van der Waals surface area contributed by atoms with Crippen molar-refractivity contribution < 1.29 is 17.6 Å². The fraction of sp³-hybridized carbons (Fsp3) is 0.333. The lowest BCUT2D eigenvalue weighted by molar-refractivity contribution is 0.0950. The van der Waals surface area contributed by atoms with Gasteiger partial charge in [-0.2, -0.15) is 0 Å². The number of hydrogen-bond donors (Lipinski definition) is 2. The van der Waals surface area contributed by atoms with Crippen LogP contribution in [0.15, 0.2) is 47.4 Å². The maximum Gasteiger partial charge on any atom is 0.251 e. The first-order chi connectivity index (χ1) is 12.3. The molecule has 0 spiro atoms. The zero-order chi connectivity index (χ0) is 19.2. The number of aryl methyl sites for hydroxylation is 1. The Labute approximate surface area is 152 Å². The fourth-order valence-corrected chi connectivity index (χ4v) is 3.76. The third-order valence-corrected chi connectivity index (χ3v) is 5.19. The molecule has 26 heavy (non-hydrogen) atoms. The Hall–Kier alpha value is -2.32. The van der Waals surface area contributed by atoms with Gasteiger partial charge in [0.05, 0.1) is 4.90 Å². The van der Waals surface area contributed by atoms with E-state index in [-0.39, 0.29) is 23.0 Å². The minimum absolute atomic E-state index is 0.0190. The molecule has 0 aliphatic rings. The zero-order valence-electron chi connectivity index (χ0n) is 14.7. The summed E-state index contributed by atoms with van der Waals surface area (Å²) in [6, 6.07) is 10.8. The first kappa shape index (κ1) is 20.0. The Balaban J connectivity index is 2.10. The molecule has 1 aromatic carbocycles.